The maximum Gasteiger partial charge on any atom is 0.338 e. The van der Waals surface area contributed by atoms with Crippen molar-refractivity contribution in [3.05, 3.63) is 35.9 Å². The highest BCUT2D eigenvalue weighted by Gasteiger charge is 2.04. The van der Waals surface area contributed by atoms with Gasteiger partial charge in [-0.3, -0.25) is 4.79 Å². The van der Waals surface area contributed by atoms with Crippen molar-refractivity contribution >= 4 is 11.9 Å². The Morgan fingerprint density at radius 1 is 1.06 bits per heavy atom. The van der Waals surface area contributed by atoms with E-state index in [1.165, 1.54) is 6.92 Å². The van der Waals surface area contributed by atoms with Crippen LogP contribution in [0.4, 0.5) is 0 Å². The summed E-state index contributed by atoms with van der Waals surface area (Å²) in [5.74, 6) is -0.812. The summed E-state index contributed by atoms with van der Waals surface area (Å²) in [5, 5.41) is 0. The van der Waals surface area contributed by atoms with E-state index in [2.05, 4.69) is 4.74 Å². The molecule has 0 aromatic heterocycles. The first-order valence-corrected chi connectivity index (χ1v) is 5.13. The third-order valence-corrected chi connectivity index (χ3v) is 1.82. The molecule has 0 spiro atoms. The second-order valence-corrected chi connectivity index (χ2v) is 3.16. The quantitative estimate of drug-likeness (QED) is 0.425. The minimum absolute atomic E-state index is 0.120. The van der Waals surface area contributed by atoms with Crippen LogP contribution in [-0.4, -0.2) is 31.9 Å². The first-order valence-electron chi connectivity index (χ1n) is 5.13. The molecule has 0 saturated carbocycles. The van der Waals surface area contributed by atoms with Crippen LogP contribution in [-0.2, 0) is 19.0 Å². The van der Waals surface area contributed by atoms with Gasteiger partial charge in [0.1, 0.15) is 6.61 Å². The van der Waals surface area contributed by atoms with Crippen molar-refractivity contribution in [2.45, 2.75) is 6.92 Å². The van der Waals surface area contributed by atoms with Gasteiger partial charge in [-0.1, -0.05) is 18.2 Å². The van der Waals surface area contributed by atoms with Crippen molar-refractivity contribution in [2.75, 3.05) is 20.0 Å². The maximum atomic E-state index is 11.4. The van der Waals surface area contributed by atoms with Gasteiger partial charge < -0.3 is 14.2 Å². The number of ether oxygens (including phenoxy) is 3. The topological polar surface area (TPSA) is 61.8 Å². The fraction of sp³-hybridized carbons (Fsp3) is 0.333. The standard InChI is InChI=1S/C12H14O5/c1-10(13)17-9-15-7-8-16-12(14)11-5-3-2-4-6-11/h2-6H,7-9H2,1H3. The molecule has 0 N–H and O–H groups in total. The van der Waals surface area contributed by atoms with Gasteiger partial charge in [0.25, 0.3) is 0 Å². The van der Waals surface area contributed by atoms with Crippen molar-refractivity contribution in [1.29, 1.82) is 0 Å². The lowest BCUT2D eigenvalue weighted by Crippen LogP contribution is -2.13. The molecule has 1 aromatic carbocycles. The summed E-state index contributed by atoms with van der Waals surface area (Å²) in [7, 11) is 0. The third-order valence-electron chi connectivity index (χ3n) is 1.82. The van der Waals surface area contributed by atoms with Crippen LogP contribution < -0.4 is 0 Å². The van der Waals surface area contributed by atoms with E-state index in [0.29, 0.717) is 5.56 Å². The molecule has 0 fully saturated rings. The van der Waals surface area contributed by atoms with E-state index in [0.717, 1.165) is 0 Å². The Hall–Kier alpha value is -1.88. The minimum atomic E-state index is -0.411. The van der Waals surface area contributed by atoms with Crippen molar-refractivity contribution in [2.24, 2.45) is 0 Å². The summed E-state index contributed by atoms with van der Waals surface area (Å²) >= 11 is 0. The first kappa shape index (κ1) is 13.2. The summed E-state index contributed by atoms with van der Waals surface area (Å²) in [4.78, 5) is 21.8. The number of esters is 2. The molecule has 1 aromatic rings. The highest BCUT2D eigenvalue weighted by molar-refractivity contribution is 5.89. The highest BCUT2D eigenvalue weighted by Crippen LogP contribution is 2.00. The van der Waals surface area contributed by atoms with Crippen molar-refractivity contribution < 1.29 is 23.8 Å². The Bertz CT molecular complexity index is 360. The highest BCUT2D eigenvalue weighted by atomic mass is 16.7. The van der Waals surface area contributed by atoms with Crippen LogP contribution in [0, 0.1) is 0 Å². The summed E-state index contributed by atoms with van der Waals surface area (Å²) < 4.78 is 14.4. The van der Waals surface area contributed by atoms with Gasteiger partial charge in [0, 0.05) is 6.92 Å². The van der Waals surface area contributed by atoms with Crippen molar-refractivity contribution in [1.82, 2.24) is 0 Å². The third kappa shape index (κ3) is 5.67. The van der Waals surface area contributed by atoms with Crippen LogP contribution in [0.15, 0.2) is 30.3 Å². The van der Waals surface area contributed by atoms with Gasteiger partial charge >= 0.3 is 11.9 Å². The second kappa shape index (κ2) is 7.40. The lowest BCUT2D eigenvalue weighted by molar-refractivity contribution is -0.154. The number of benzene rings is 1. The lowest BCUT2D eigenvalue weighted by atomic mass is 10.2. The molecule has 0 unspecified atom stereocenters. The molecule has 0 saturated heterocycles. The molecule has 1 rings (SSSR count). The smallest absolute Gasteiger partial charge is 0.338 e. The summed E-state index contributed by atoms with van der Waals surface area (Å²) in [6, 6.07) is 8.67. The van der Waals surface area contributed by atoms with E-state index >= 15 is 0 Å². The largest absolute Gasteiger partial charge is 0.460 e. The van der Waals surface area contributed by atoms with E-state index in [1.807, 2.05) is 6.07 Å². The molecule has 0 bridgehead atoms. The zero-order valence-electron chi connectivity index (χ0n) is 9.55. The molecule has 0 atom stereocenters. The van der Waals surface area contributed by atoms with Crippen LogP contribution in [0.1, 0.15) is 17.3 Å². The molecule has 0 aliphatic heterocycles. The van der Waals surface area contributed by atoms with Gasteiger partial charge in [0.15, 0.2) is 6.79 Å². The molecular formula is C12H14O5. The molecule has 0 radical (unpaired) electrons. The summed E-state index contributed by atoms with van der Waals surface area (Å²) in [6.45, 7) is 1.47. The molecule has 0 aliphatic rings. The molecule has 0 heterocycles. The Labute approximate surface area is 99.3 Å². The number of hydrogen-bond donors (Lipinski definition) is 0. The Morgan fingerprint density at radius 2 is 1.76 bits per heavy atom. The average Bonchev–Trinajstić information content (AvgIpc) is 2.34. The minimum Gasteiger partial charge on any atom is -0.460 e. The van der Waals surface area contributed by atoms with Gasteiger partial charge in [-0.05, 0) is 12.1 Å². The molecule has 5 heteroatoms. The SMILES string of the molecule is CC(=O)OCOCCOC(=O)c1ccccc1. The normalized spacial score (nSPS) is 9.71. The van der Waals surface area contributed by atoms with Gasteiger partial charge in [-0.15, -0.1) is 0 Å². The lowest BCUT2D eigenvalue weighted by Gasteiger charge is -2.05. The maximum absolute atomic E-state index is 11.4. The first-order chi connectivity index (χ1) is 8.20. The molecule has 0 aliphatic carbocycles. The van der Waals surface area contributed by atoms with Crippen LogP contribution in [0.2, 0.25) is 0 Å². The molecular weight excluding hydrogens is 224 g/mol. The zero-order chi connectivity index (χ0) is 12.5. The average molecular weight is 238 g/mol. The fourth-order valence-corrected chi connectivity index (χ4v) is 1.03. The molecule has 5 nitrogen and oxygen atoms in total. The van der Waals surface area contributed by atoms with Gasteiger partial charge in [-0.25, -0.2) is 4.79 Å². The molecule has 17 heavy (non-hydrogen) atoms. The number of hydrogen-bond acceptors (Lipinski definition) is 5. The van der Waals surface area contributed by atoms with E-state index in [-0.39, 0.29) is 20.0 Å². The van der Waals surface area contributed by atoms with Crippen LogP contribution in [0.25, 0.3) is 0 Å². The Kier molecular flexibility index (Phi) is 5.74. The van der Waals surface area contributed by atoms with Crippen LogP contribution in [0.3, 0.4) is 0 Å². The number of carbonyl (C=O) groups excluding carboxylic acids is 2. The predicted molar refractivity (Wildman–Crippen MR) is 59.3 cm³/mol. The van der Waals surface area contributed by atoms with Crippen molar-refractivity contribution in [3.8, 4) is 0 Å². The monoisotopic (exact) mass is 238 g/mol. The van der Waals surface area contributed by atoms with E-state index in [4.69, 9.17) is 9.47 Å². The second-order valence-electron chi connectivity index (χ2n) is 3.16. The number of rotatable bonds is 6. The zero-order valence-corrected chi connectivity index (χ0v) is 9.55. The van der Waals surface area contributed by atoms with Gasteiger partial charge in [0.05, 0.1) is 12.2 Å². The Morgan fingerprint density at radius 3 is 2.41 bits per heavy atom. The van der Waals surface area contributed by atoms with E-state index in [1.54, 1.807) is 24.3 Å². The molecule has 0 amide bonds. The fourth-order valence-electron chi connectivity index (χ4n) is 1.03. The summed E-state index contributed by atoms with van der Waals surface area (Å²) in [5.41, 5.74) is 0.493. The van der Waals surface area contributed by atoms with Crippen molar-refractivity contribution in [3.63, 3.8) is 0 Å². The van der Waals surface area contributed by atoms with E-state index < -0.39 is 11.9 Å². The van der Waals surface area contributed by atoms with Crippen LogP contribution in [0.5, 0.6) is 0 Å². The summed E-state index contributed by atoms with van der Waals surface area (Å²) in [6.07, 6.45) is 0. The van der Waals surface area contributed by atoms with Gasteiger partial charge in [0.2, 0.25) is 0 Å². The number of carbonyl (C=O) groups is 2. The molecule has 92 valence electrons. The Balaban J connectivity index is 2.11. The van der Waals surface area contributed by atoms with E-state index in [9.17, 15) is 9.59 Å². The predicted octanol–water partition coefficient (Wildman–Crippen LogP) is 1.38. The van der Waals surface area contributed by atoms with Gasteiger partial charge in [-0.2, -0.15) is 0 Å². The van der Waals surface area contributed by atoms with Crippen LogP contribution >= 0.6 is 0 Å².